The molecule has 1 heterocycles. The highest BCUT2D eigenvalue weighted by molar-refractivity contribution is 7.16. The highest BCUT2D eigenvalue weighted by Crippen LogP contribution is 2.26. The van der Waals surface area contributed by atoms with Gasteiger partial charge in [0.1, 0.15) is 6.61 Å². The molecule has 0 spiro atoms. The molecule has 5 heteroatoms. The Morgan fingerprint density at radius 3 is 2.93 bits per heavy atom. The molecule has 15 heavy (non-hydrogen) atoms. The summed E-state index contributed by atoms with van der Waals surface area (Å²) < 4.78 is 5.73. The Bertz CT molecular complexity index is 327. The third kappa shape index (κ3) is 4.20. The molecule has 0 fully saturated rings. The Hall–Kier alpha value is -0.580. The molecule has 1 aromatic heterocycles. The number of thiophene rings is 1. The van der Waals surface area contributed by atoms with E-state index >= 15 is 0 Å². The van der Waals surface area contributed by atoms with Gasteiger partial charge in [0, 0.05) is 11.5 Å². The fourth-order valence-corrected chi connectivity index (χ4v) is 2.17. The third-order valence-electron chi connectivity index (χ3n) is 1.84. The van der Waals surface area contributed by atoms with Crippen LogP contribution in [0.3, 0.4) is 0 Å². The molecule has 0 saturated carbocycles. The lowest BCUT2D eigenvalue weighted by Gasteiger charge is -2.11. The molecule has 1 N–H and O–H groups in total. The van der Waals surface area contributed by atoms with Crippen molar-refractivity contribution < 1.29 is 9.53 Å². The smallest absolute Gasteiger partial charge is 0.246 e. The van der Waals surface area contributed by atoms with Crippen molar-refractivity contribution in [3.63, 3.8) is 0 Å². The molecule has 0 aliphatic heterocycles. The van der Waals surface area contributed by atoms with Crippen molar-refractivity contribution in [1.82, 2.24) is 5.32 Å². The molecule has 0 aliphatic rings. The molecular weight excluding hydrogens is 234 g/mol. The molecule has 0 bridgehead atoms. The summed E-state index contributed by atoms with van der Waals surface area (Å²) in [6.45, 7) is 4.44. The van der Waals surface area contributed by atoms with Gasteiger partial charge < -0.3 is 10.1 Å². The highest BCUT2D eigenvalue weighted by atomic mass is 35.5. The Labute approximate surface area is 98.4 Å². The van der Waals surface area contributed by atoms with Crippen molar-refractivity contribution in [2.75, 3.05) is 13.2 Å². The van der Waals surface area contributed by atoms with Crippen LogP contribution in [0.4, 0.5) is 0 Å². The van der Waals surface area contributed by atoms with E-state index in [1.165, 1.54) is 11.3 Å². The van der Waals surface area contributed by atoms with Gasteiger partial charge in [-0.25, -0.2) is 0 Å². The van der Waals surface area contributed by atoms with Gasteiger partial charge in [0.2, 0.25) is 5.91 Å². The molecular formula is C10H14ClNO2S. The van der Waals surface area contributed by atoms with E-state index in [1.807, 2.05) is 26.0 Å². The van der Waals surface area contributed by atoms with Crippen LogP contribution in [0.2, 0.25) is 4.34 Å². The number of ether oxygens (including phenoxy) is 1. The Kier molecular flexibility index (Phi) is 5.08. The van der Waals surface area contributed by atoms with Crippen LogP contribution in [-0.2, 0) is 9.53 Å². The SMILES string of the molecule is CCOCC(=O)N[C@H](C)c1ccc(Cl)s1. The van der Waals surface area contributed by atoms with Gasteiger partial charge in [-0.15, -0.1) is 11.3 Å². The van der Waals surface area contributed by atoms with E-state index in [9.17, 15) is 4.79 Å². The number of hydrogen-bond acceptors (Lipinski definition) is 3. The fraction of sp³-hybridized carbons (Fsp3) is 0.500. The lowest BCUT2D eigenvalue weighted by Crippen LogP contribution is -2.29. The quantitative estimate of drug-likeness (QED) is 0.869. The van der Waals surface area contributed by atoms with Crippen LogP contribution in [0.25, 0.3) is 0 Å². The lowest BCUT2D eigenvalue weighted by atomic mass is 10.3. The van der Waals surface area contributed by atoms with Crippen LogP contribution in [-0.4, -0.2) is 19.1 Å². The number of rotatable bonds is 5. The van der Waals surface area contributed by atoms with E-state index in [0.717, 1.165) is 9.21 Å². The van der Waals surface area contributed by atoms with Crippen molar-refractivity contribution in [2.45, 2.75) is 19.9 Å². The van der Waals surface area contributed by atoms with Crippen LogP contribution in [0.5, 0.6) is 0 Å². The zero-order valence-corrected chi connectivity index (χ0v) is 10.3. The van der Waals surface area contributed by atoms with Crippen LogP contribution in [0.1, 0.15) is 24.8 Å². The lowest BCUT2D eigenvalue weighted by molar-refractivity contribution is -0.126. The molecule has 1 aromatic rings. The molecule has 0 radical (unpaired) electrons. The van der Waals surface area contributed by atoms with Crippen molar-refractivity contribution in [2.24, 2.45) is 0 Å². The normalized spacial score (nSPS) is 12.5. The molecule has 0 aromatic carbocycles. The number of nitrogens with one attached hydrogen (secondary N) is 1. The average Bonchev–Trinajstić information content (AvgIpc) is 2.61. The van der Waals surface area contributed by atoms with Gasteiger partial charge in [0.05, 0.1) is 10.4 Å². The van der Waals surface area contributed by atoms with Crippen molar-refractivity contribution in [1.29, 1.82) is 0 Å². The molecule has 0 aliphatic carbocycles. The van der Waals surface area contributed by atoms with Crippen LogP contribution >= 0.6 is 22.9 Å². The predicted octanol–water partition coefficient (Wildman–Crippen LogP) is 2.62. The van der Waals surface area contributed by atoms with Gasteiger partial charge in [0.15, 0.2) is 0 Å². The Balaban J connectivity index is 2.41. The number of halogens is 1. The monoisotopic (exact) mass is 247 g/mol. The minimum atomic E-state index is -0.103. The van der Waals surface area contributed by atoms with Crippen molar-refractivity contribution >= 4 is 28.8 Å². The predicted molar refractivity (Wildman–Crippen MR) is 62.4 cm³/mol. The van der Waals surface area contributed by atoms with Gasteiger partial charge in [-0.05, 0) is 26.0 Å². The Morgan fingerprint density at radius 1 is 1.67 bits per heavy atom. The molecule has 1 amide bonds. The summed E-state index contributed by atoms with van der Waals surface area (Å²) in [5, 5.41) is 2.83. The van der Waals surface area contributed by atoms with E-state index in [2.05, 4.69) is 5.32 Å². The first-order valence-electron chi connectivity index (χ1n) is 4.75. The van der Waals surface area contributed by atoms with Crippen molar-refractivity contribution in [3.8, 4) is 0 Å². The van der Waals surface area contributed by atoms with Crippen LogP contribution in [0, 0.1) is 0 Å². The van der Waals surface area contributed by atoms with E-state index in [-0.39, 0.29) is 18.6 Å². The molecule has 84 valence electrons. The third-order valence-corrected chi connectivity index (χ3v) is 3.25. The number of hydrogen-bond donors (Lipinski definition) is 1. The maximum absolute atomic E-state index is 11.3. The van der Waals surface area contributed by atoms with Gasteiger partial charge in [-0.3, -0.25) is 4.79 Å². The standard InChI is InChI=1S/C10H14ClNO2S/c1-3-14-6-10(13)12-7(2)8-4-5-9(11)15-8/h4-5,7H,3,6H2,1-2H3,(H,12,13)/t7-/m1/s1. The van der Waals surface area contributed by atoms with Gasteiger partial charge in [0.25, 0.3) is 0 Å². The summed E-state index contributed by atoms with van der Waals surface area (Å²) in [7, 11) is 0. The molecule has 0 saturated heterocycles. The maximum Gasteiger partial charge on any atom is 0.246 e. The second-order valence-corrected chi connectivity index (χ2v) is 4.81. The number of carbonyl (C=O) groups excluding carboxylic acids is 1. The highest BCUT2D eigenvalue weighted by Gasteiger charge is 2.11. The number of carbonyl (C=O) groups is 1. The van der Waals surface area contributed by atoms with E-state index in [0.29, 0.717) is 6.61 Å². The summed E-state index contributed by atoms with van der Waals surface area (Å²) in [5.74, 6) is -0.103. The van der Waals surface area contributed by atoms with Gasteiger partial charge >= 0.3 is 0 Å². The first-order chi connectivity index (χ1) is 7.13. The minimum Gasteiger partial charge on any atom is -0.372 e. The van der Waals surface area contributed by atoms with E-state index < -0.39 is 0 Å². The maximum atomic E-state index is 11.3. The second kappa shape index (κ2) is 6.10. The molecule has 1 atom stereocenters. The number of amides is 1. The van der Waals surface area contributed by atoms with Gasteiger partial charge in [-0.1, -0.05) is 11.6 Å². The zero-order chi connectivity index (χ0) is 11.3. The summed E-state index contributed by atoms with van der Waals surface area (Å²) in [4.78, 5) is 12.4. The first kappa shape index (κ1) is 12.5. The Morgan fingerprint density at radius 2 is 2.40 bits per heavy atom. The largest absolute Gasteiger partial charge is 0.372 e. The zero-order valence-electron chi connectivity index (χ0n) is 8.75. The molecule has 3 nitrogen and oxygen atoms in total. The van der Waals surface area contributed by atoms with Crippen LogP contribution in [0.15, 0.2) is 12.1 Å². The van der Waals surface area contributed by atoms with E-state index in [4.69, 9.17) is 16.3 Å². The second-order valence-electron chi connectivity index (χ2n) is 3.07. The minimum absolute atomic E-state index is 0.0181. The van der Waals surface area contributed by atoms with Gasteiger partial charge in [-0.2, -0.15) is 0 Å². The van der Waals surface area contributed by atoms with Crippen molar-refractivity contribution in [3.05, 3.63) is 21.3 Å². The summed E-state index contributed by atoms with van der Waals surface area (Å²) in [6, 6.07) is 3.72. The molecule has 1 rings (SSSR count). The van der Waals surface area contributed by atoms with Crippen LogP contribution < -0.4 is 5.32 Å². The summed E-state index contributed by atoms with van der Waals surface area (Å²) >= 11 is 7.28. The van der Waals surface area contributed by atoms with E-state index in [1.54, 1.807) is 0 Å². The topological polar surface area (TPSA) is 38.3 Å². The molecule has 0 unspecified atom stereocenters. The summed E-state index contributed by atoms with van der Waals surface area (Å²) in [6.07, 6.45) is 0. The average molecular weight is 248 g/mol. The fourth-order valence-electron chi connectivity index (χ4n) is 1.11. The summed E-state index contributed by atoms with van der Waals surface area (Å²) in [5.41, 5.74) is 0. The first-order valence-corrected chi connectivity index (χ1v) is 5.95.